The van der Waals surface area contributed by atoms with Gasteiger partial charge in [-0.05, 0) is 37.5 Å². The fraction of sp³-hybridized carbons (Fsp3) is 0.733. The van der Waals surface area contributed by atoms with Crippen molar-refractivity contribution in [3.05, 3.63) is 35.1 Å². The van der Waals surface area contributed by atoms with Gasteiger partial charge in [0.1, 0.15) is 11.9 Å². The molecule has 0 aliphatic carbocycles. The number of likely N-dealkylation sites (tertiary alicyclic amines) is 1. The van der Waals surface area contributed by atoms with Crippen LogP contribution >= 0.6 is 0 Å². The Hall–Kier alpha value is -2.12. The van der Waals surface area contributed by atoms with Crippen LogP contribution in [0.1, 0.15) is 132 Å². The molecule has 4 nitrogen and oxygen atoms in total. The molecule has 0 N–H and O–H groups in total. The highest BCUT2D eigenvalue weighted by molar-refractivity contribution is 5.97. The zero-order chi connectivity index (χ0) is 27.8. The Morgan fingerprint density at radius 1 is 0.868 bits per heavy atom. The summed E-state index contributed by atoms with van der Waals surface area (Å²) >= 11 is 0. The first-order valence-corrected chi connectivity index (χ1v) is 14.6. The van der Waals surface area contributed by atoms with Gasteiger partial charge >= 0.3 is 12.1 Å². The van der Waals surface area contributed by atoms with E-state index in [0.29, 0.717) is 31.0 Å². The van der Waals surface area contributed by atoms with Crippen molar-refractivity contribution < 1.29 is 31.9 Å². The Morgan fingerprint density at radius 2 is 1.39 bits per heavy atom. The fourth-order valence-corrected chi connectivity index (χ4v) is 5.02. The maximum absolute atomic E-state index is 14.2. The van der Waals surface area contributed by atoms with E-state index in [4.69, 9.17) is 4.74 Å². The summed E-state index contributed by atoms with van der Waals surface area (Å²) in [6.07, 6.45) is 14.7. The zero-order valence-corrected chi connectivity index (χ0v) is 22.9. The number of benzene rings is 1. The fourth-order valence-electron chi connectivity index (χ4n) is 5.02. The second kappa shape index (κ2) is 17.5. The van der Waals surface area contributed by atoms with Crippen molar-refractivity contribution in [2.24, 2.45) is 0 Å². The van der Waals surface area contributed by atoms with E-state index in [-0.39, 0.29) is 13.2 Å². The number of nitrogens with zero attached hydrogens (tertiary/aromatic N) is 1. The number of halogens is 4. The van der Waals surface area contributed by atoms with Gasteiger partial charge in [0.05, 0.1) is 17.7 Å². The van der Waals surface area contributed by atoms with Crippen molar-refractivity contribution in [2.75, 3.05) is 13.2 Å². The summed E-state index contributed by atoms with van der Waals surface area (Å²) in [5.74, 6) is -2.53. The van der Waals surface area contributed by atoms with E-state index in [9.17, 15) is 27.2 Å². The third-order valence-corrected chi connectivity index (χ3v) is 7.30. The van der Waals surface area contributed by atoms with Gasteiger partial charge in [0.15, 0.2) is 0 Å². The average Bonchev–Trinajstić information content (AvgIpc) is 3.38. The number of esters is 1. The third kappa shape index (κ3) is 11.3. The average molecular weight is 544 g/mol. The summed E-state index contributed by atoms with van der Waals surface area (Å²) in [4.78, 5) is 26.5. The minimum absolute atomic E-state index is 0.174. The highest BCUT2D eigenvalue weighted by atomic mass is 19.4. The highest BCUT2D eigenvalue weighted by Gasteiger charge is 2.38. The molecule has 1 aliphatic rings. The molecule has 1 unspecified atom stereocenters. The Balaban J connectivity index is 1.58. The van der Waals surface area contributed by atoms with E-state index in [0.717, 1.165) is 24.2 Å². The zero-order valence-electron chi connectivity index (χ0n) is 22.9. The van der Waals surface area contributed by atoms with Crippen LogP contribution in [-0.4, -0.2) is 36.0 Å². The molecule has 1 amide bonds. The van der Waals surface area contributed by atoms with Gasteiger partial charge in [-0.2, -0.15) is 13.2 Å². The van der Waals surface area contributed by atoms with Gasteiger partial charge in [0.2, 0.25) is 0 Å². The van der Waals surface area contributed by atoms with Gasteiger partial charge in [-0.15, -0.1) is 0 Å². The Morgan fingerprint density at radius 3 is 1.92 bits per heavy atom. The molecule has 1 aromatic carbocycles. The maximum atomic E-state index is 14.2. The van der Waals surface area contributed by atoms with Crippen LogP contribution in [0.3, 0.4) is 0 Å². The smallest absolute Gasteiger partial charge is 0.416 e. The molecule has 0 bridgehead atoms. The molecule has 1 fully saturated rings. The van der Waals surface area contributed by atoms with Gasteiger partial charge in [0.25, 0.3) is 5.91 Å². The predicted octanol–water partition coefficient (Wildman–Crippen LogP) is 8.86. The lowest BCUT2D eigenvalue weighted by Gasteiger charge is -2.24. The molecule has 1 heterocycles. The third-order valence-electron chi connectivity index (χ3n) is 7.30. The van der Waals surface area contributed by atoms with Gasteiger partial charge in [-0.3, -0.25) is 4.79 Å². The molecular weight excluding hydrogens is 498 g/mol. The standard InChI is InChI=1S/C30H45F4NO3/c1-2-3-4-5-6-7-8-9-10-11-12-13-14-15-16-22-38-29(37)27-18-17-21-35(27)28(36)25-23-24(30(32,33)34)19-20-26(25)31/h19-20,23,27H,2-18,21-22H2,1H3. The quantitative estimate of drug-likeness (QED) is 0.106. The summed E-state index contributed by atoms with van der Waals surface area (Å²) in [6, 6.07) is 0.844. The van der Waals surface area contributed by atoms with Crippen LogP contribution in [-0.2, 0) is 15.7 Å². The number of unbranched alkanes of at least 4 members (excludes halogenated alkanes) is 14. The van der Waals surface area contributed by atoms with Crippen molar-refractivity contribution in [3.8, 4) is 0 Å². The largest absolute Gasteiger partial charge is 0.464 e. The number of alkyl halides is 3. The number of ether oxygens (including phenoxy) is 1. The van der Waals surface area contributed by atoms with Crippen LogP contribution in [0.15, 0.2) is 18.2 Å². The summed E-state index contributed by atoms with van der Waals surface area (Å²) in [7, 11) is 0. The monoisotopic (exact) mass is 543 g/mol. The van der Waals surface area contributed by atoms with E-state index < -0.39 is 41.0 Å². The summed E-state index contributed by atoms with van der Waals surface area (Å²) in [6.45, 7) is 2.66. The van der Waals surface area contributed by atoms with E-state index in [1.807, 2.05) is 0 Å². The first kappa shape index (κ1) is 32.1. The normalized spacial score (nSPS) is 15.7. The van der Waals surface area contributed by atoms with Crippen LogP contribution in [0, 0.1) is 5.82 Å². The molecule has 2 rings (SSSR count). The van der Waals surface area contributed by atoms with Crippen molar-refractivity contribution >= 4 is 11.9 Å². The maximum Gasteiger partial charge on any atom is 0.416 e. The molecule has 8 heteroatoms. The highest BCUT2D eigenvalue weighted by Crippen LogP contribution is 2.31. The van der Waals surface area contributed by atoms with E-state index in [2.05, 4.69) is 6.92 Å². The van der Waals surface area contributed by atoms with Gasteiger partial charge in [-0.25, -0.2) is 9.18 Å². The van der Waals surface area contributed by atoms with Gasteiger partial charge in [-0.1, -0.05) is 96.8 Å². The van der Waals surface area contributed by atoms with Crippen molar-refractivity contribution in [1.29, 1.82) is 0 Å². The first-order valence-electron chi connectivity index (χ1n) is 14.6. The molecular formula is C30H45F4NO3. The second-order valence-corrected chi connectivity index (χ2v) is 10.5. The molecule has 1 aromatic rings. The van der Waals surface area contributed by atoms with Crippen molar-refractivity contribution in [2.45, 2.75) is 128 Å². The van der Waals surface area contributed by atoms with E-state index in [1.165, 1.54) is 77.0 Å². The Bertz CT molecular complexity index is 843. The van der Waals surface area contributed by atoms with Gasteiger partial charge in [0, 0.05) is 6.54 Å². The second-order valence-electron chi connectivity index (χ2n) is 10.5. The first-order chi connectivity index (χ1) is 18.3. The minimum atomic E-state index is -4.70. The number of carbonyl (C=O) groups is 2. The predicted molar refractivity (Wildman–Crippen MR) is 141 cm³/mol. The van der Waals surface area contributed by atoms with Crippen LogP contribution in [0.25, 0.3) is 0 Å². The molecule has 0 spiro atoms. The van der Waals surface area contributed by atoms with E-state index in [1.54, 1.807) is 0 Å². The Kier molecular flexibility index (Phi) is 14.8. The molecule has 0 aromatic heterocycles. The molecule has 0 radical (unpaired) electrons. The molecule has 1 atom stereocenters. The molecule has 0 saturated carbocycles. The SMILES string of the molecule is CCCCCCCCCCCCCCCCCOC(=O)C1CCCN1C(=O)c1cc(C(F)(F)F)ccc1F. The number of hydrogen-bond acceptors (Lipinski definition) is 3. The molecule has 216 valence electrons. The number of hydrogen-bond donors (Lipinski definition) is 0. The summed E-state index contributed by atoms with van der Waals surface area (Å²) in [5, 5.41) is 0. The molecule has 1 aliphatic heterocycles. The lowest BCUT2D eigenvalue weighted by atomic mass is 10.0. The summed E-state index contributed by atoms with van der Waals surface area (Å²) < 4.78 is 58.6. The van der Waals surface area contributed by atoms with Crippen molar-refractivity contribution in [3.63, 3.8) is 0 Å². The van der Waals surface area contributed by atoms with Crippen molar-refractivity contribution in [1.82, 2.24) is 4.90 Å². The van der Waals surface area contributed by atoms with Crippen LogP contribution in [0.4, 0.5) is 17.6 Å². The molecule has 1 saturated heterocycles. The lowest BCUT2D eigenvalue weighted by molar-refractivity contribution is -0.148. The summed E-state index contributed by atoms with van der Waals surface area (Å²) in [5.41, 5.74) is -1.78. The number of rotatable bonds is 18. The lowest BCUT2D eigenvalue weighted by Crippen LogP contribution is -2.42. The van der Waals surface area contributed by atoms with E-state index >= 15 is 0 Å². The Labute approximate surface area is 225 Å². The van der Waals surface area contributed by atoms with Crippen LogP contribution < -0.4 is 0 Å². The topological polar surface area (TPSA) is 46.6 Å². The number of amides is 1. The van der Waals surface area contributed by atoms with Crippen LogP contribution in [0.5, 0.6) is 0 Å². The minimum Gasteiger partial charge on any atom is -0.464 e. The number of carbonyl (C=O) groups excluding carboxylic acids is 2. The van der Waals surface area contributed by atoms with Crippen LogP contribution in [0.2, 0.25) is 0 Å². The van der Waals surface area contributed by atoms with Gasteiger partial charge < -0.3 is 9.64 Å². The molecule has 38 heavy (non-hydrogen) atoms.